The smallest absolute Gasteiger partial charge is 0.255 e. The molecular formula is C25H26FN3O5S. The predicted molar refractivity (Wildman–Crippen MR) is 130 cm³/mol. The number of aryl methyl sites for hydroxylation is 1. The number of ether oxygens (including phenoxy) is 2. The third-order valence-electron chi connectivity index (χ3n) is 5.08. The molecule has 0 heterocycles. The van der Waals surface area contributed by atoms with Crippen LogP contribution in [0.1, 0.15) is 16.7 Å². The molecule has 0 saturated heterocycles. The van der Waals surface area contributed by atoms with Gasteiger partial charge in [0.1, 0.15) is 17.3 Å². The zero-order valence-corrected chi connectivity index (χ0v) is 20.4. The van der Waals surface area contributed by atoms with E-state index < -0.39 is 28.3 Å². The van der Waals surface area contributed by atoms with E-state index in [0.717, 1.165) is 9.87 Å². The third-order valence-corrected chi connectivity index (χ3v) is 6.89. The lowest BCUT2D eigenvalue weighted by atomic mass is 10.2. The average Bonchev–Trinajstić information content (AvgIpc) is 2.85. The number of amides is 1. The fraction of sp³-hybridized carbons (Fsp3) is 0.200. The summed E-state index contributed by atoms with van der Waals surface area (Å²) in [6, 6.07) is 16.8. The Morgan fingerprint density at radius 1 is 1.03 bits per heavy atom. The molecule has 0 unspecified atom stereocenters. The summed E-state index contributed by atoms with van der Waals surface area (Å²) in [4.78, 5) is 12.7. The molecule has 0 aliphatic carbocycles. The van der Waals surface area contributed by atoms with Crippen molar-refractivity contribution in [1.82, 2.24) is 9.73 Å². The van der Waals surface area contributed by atoms with Gasteiger partial charge in [-0.2, -0.15) is 9.41 Å². The number of halogens is 1. The van der Waals surface area contributed by atoms with Crippen molar-refractivity contribution in [2.45, 2.75) is 18.4 Å². The van der Waals surface area contributed by atoms with Gasteiger partial charge in [-0.1, -0.05) is 29.8 Å². The molecule has 0 bridgehead atoms. The molecule has 1 N–H and O–H groups in total. The summed E-state index contributed by atoms with van der Waals surface area (Å²) in [5.74, 6) is -0.000390. The van der Waals surface area contributed by atoms with Crippen molar-refractivity contribution in [3.05, 3.63) is 89.2 Å². The molecule has 184 valence electrons. The molecule has 0 aromatic heterocycles. The number of hydrogen-bond acceptors (Lipinski definition) is 6. The first kappa shape index (κ1) is 25.9. The maximum atomic E-state index is 13.3. The molecule has 35 heavy (non-hydrogen) atoms. The maximum absolute atomic E-state index is 13.3. The number of methoxy groups -OCH3 is 2. The maximum Gasteiger partial charge on any atom is 0.255 e. The molecule has 8 nitrogen and oxygen atoms in total. The minimum Gasteiger partial charge on any atom is -0.497 e. The van der Waals surface area contributed by atoms with Crippen LogP contribution in [0.5, 0.6) is 11.5 Å². The van der Waals surface area contributed by atoms with E-state index in [-0.39, 0.29) is 11.4 Å². The number of hydrogen-bond donors (Lipinski definition) is 1. The second-order valence-electron chi connectivity index (χ2n) is 7.61. The fourth-order valence-corrected chi connectivity index (χ4v) is 4.57. The molecule has 0 saturated carbocycles. The number of benzene rings is 3. The molecule has 3 rings (SSSR count). The lowest BCUT2D eigenvalue weighted by Gasteiger charge is -2.21. The van der Waals surface area contributed by atoms with Gasteiger partial charge in [0.05, 0.1) is 31.9 Å². The Labute approximate surface area is 204 Å². The first-order valence-electron chi connectivity index (χ1n) is 10.6. The van der Waals surface area contributed by atoms with E-state index >= 15 is 0 Å². The summed E-state index contributed by atoms with van der Waals surface area (Å²) in [7, 11) is -1.00. The van der Waals surface area contributed by atoms with Gasteiger partial charge >= 0.3 is 0 Å². The largest absolute Gasteiger partial charge is 0.497 e. The number of carbonyl (C=O) groups excluding carboxylic acids is 1. The van der Waals surface area contributed by atoms with Gasteiger partial charge in [0, 0.05) is 12.1 Å². The monoisotopic (exact) mass is 499 g/mol. The van der Waals surface area contributed by atoms with Crippen molar-refractivity contribution in [1.29, 1.82) is 0 Å². The Hall–Kier alpha value is -3.76. The van der Waals surface area contributed by atoms with Crippen molar-refractivity contribution >= 4 is 22.1 Å². The van der Waals surface area contributed by atoms with Crippen LogP contribution in [0.4, 0.5) is 4.39 Å². The minimum atomic E-state index is -4.03. The Morgan fingerprint density at radius 2 is 1.71 bits per heavy atom. The molecule has 0 aliphatic heterocycles. The first-order chi connectivity index (χ1) is 16.7. The molecule has 0 fully saturated rings. The van der Waals surface area contributed by atoms with E-state index in [4.69, 9.17) is 9.47 Å². The van der Waals surface area contributed by atoms with Crippen molar-refractivity contribution in [3.8, 4) is 11.5 Å². The molecule has 3 aromatic carbocycles. The second-order valence-corrected chi connectivity index (χ2v) is 9.55. The summed E-state index contributed by atoms with van der Waals surface area (Å²) in [5, 5.41) is 3.93. The van der Waals surface area contributed by atoms with Crippen LogP contribution in [0.3, 0.4) is 0 Å². The lowest BCUT2D eigenvalue weighted by molar-refractivity contribution is -0.121. The van der Waals surface area contributed by atoms with Crippen LogP contribution < -0.4 is 14.9 Å². The first-order valence-corrected chi connectivity index (χ1v) is 12.0. The van der Waals surface area contributed by atoms with Crippen molar-refractivity contribution in [2.75, 3.05) is 20.8 Å². The highest BCUT2D eigenvalue weighted by Gasteiger charge is 2.27. The fourth-order valence-electron chi connectivity index (χ4n) is 3.19. The summed E-state index contributed by atoms with van der Waals surface area (Å²) in [6.45, 7) is 1.22. The average molecular weight is 500 g/mol. The highest BCUT2D eigenvalue weighted by molar-refractivity contribution is 7.89. The van der Waals surface area contributed by atoms with Crippen LogP contribution in [0, 0.1) is 12.7 Å². The van der Waals surface area contributed by atoms with Crippen LogP contribution in [0.15, 0.2) is 76.7 Å². The van der Waals surface area contributed by atoms with Crippen LogP contribution in [0.25, 0.3) is 0 Å². The Morgan fingerprint density at radius 3 is 2.34 bits per heavy atom. The van der Waals surface area contributed by atoms with Crippen molar-refractivity contribution < 1.29 is 27.1 Å². The molecule has 0 atom stereocenters. The number of sulfonamides is 1. The Balaban J connectivity index is 1.80. The van der Waals surface area contributed by atoms with Gasteiger partial charge in [0.2, 0.25) is 10.0 Å². The number of hydrazone groups is 1. The zero-order valence-electron chi connectivity index (χ0n) is 19.6. The van der Waals surface area contributed by atoms with E-state index in [1.807, 2.05) is 6.92 Å². The predicted octanol–water partition coefficient (Wildman–Crippen LogP) is 3.49. The van der Waals surface area contributed by atoms with E-state index in [2.05, 4.69) is 10.5 Å². The molecule has 3 aromatic rings. The zero-order chi connectivity index (χ0) is 25.4. The normalized spacial score (nSPS) is 11.6. The number of carbonyl (C=O) groups is 1. The molecule has 0 aliphatic rings. The molecular weight excluding hydrogens is 473 g/mol. The number of nitrogens with zero attached hydrogens (tertiary/aromatic N) is 2. The second kappa shape index (κ2) is 11.6. The summed E-state index contributed by atoms with van der Waals surface area (Å²) < 4.78 is 51.4. The molecule has 0 spiro atoms. The lowest BCUT2D eigenvalue weighted by Crippen LogP contribution is -2.39. The molecule has 10 heteroatoms. The number of nitrogens with one attached hydrogen (secondary N) is 1. The quantitative estimate of drug-likeness (QED) is 0.340. The Bertz CT molecular complexity index is 1290. The van der Waals surface area contributed by atoms with E-state index in [9.17, 15) is 17.6 Å². The van der Waals surface area contributed by atoms with Crippen LogP contribution in [-0.4, -0.2) is 45.6 Å². The van der Waals surface area contributed by atoms with Crippen LogP contribution in [-0.2, 0) is 21.4 Å². The molecule has 0 radical (unpaired) electrons. The van der Waals surface area contributed by atoms with E-state index in [1.165, 1.54) is 56.8 Å². The summed E-state index contributed by atoms with van der Waals surface area (Å²) >= 11 is 0. The van der Waals surface area contributed by atoms with Gasteiger partial charge in [0.15, 0.2) is 0 Å². The summed E-state index contributed by atoms with van der Waals surface area (Å²) in [6.07, 6.45) is 1.37. The van der Waals surface area contributed by atoms with Gasteiger partial charge in [-0.3, -0.25) is 4.79 Å². The topological polar surface area (TPSA) is 97.3 Å². The summed E-state index contributed by atoms with van der Waals surface area (Å²) in [5.41, 5.74) is 4.33. The van der Waals surface area contributed by atoms with Gasteiger partial charge in [0.25, 0.3) is 5.91 Å². The van der Waals surface area contributed by atoms with Crippen LogP contribution in [0.2, 0.25) is 0 Å². The highest BCUT2D eigenvalue weighted by Crippen LogP contribution is 2.22. The van der Waals surface area contributed by atoms with Gasteiger partial charge in [-0.25, -0.2) is 18.2 Å². The SMILES string of the molecule is COc1ccc(OC)c(/C=N\NC(=O)CN(Cc2ccc(F)cc2)S(=O)(=O)c2ccc(C)cc2)c1. The Kier molecular flexibility index (Phi) is 8.56. The van der Waals surface area contributed by atoms with Crippen molar-refractivity contribution in [2.24, 2.45) is 5.10 Å². The van der Waals surface area contributed by atoms with Crippen LogP contribution >= 0.6 is 0 Å². The van der Waals surface area contributed by atoms with Gasteiger partial charge in [-0.05, 0) is 55.0 Å². The number of rotatable bonds is 10. The van der Waals surface area contributed by atoms with Gasteiger partial charge in [-0.15, -0.1) is 0 Å². The van der Waals surface area contributed by atoms with Crippen molar-refractivity contribution in [3.63, 3.8) is 0 Å². The van der Waals surface area contributed by atoms with E-state index in [0.29, 0.717) is 22.6 Å². The minimum absolute atomic E-state index is 0.0441. The standard InChI is InChI=1S/C25H26FN3O5S/c1-18-4-11-23(12-5-18)35(31,32)29(16-19-6-8-21(26)9-7-19)17-25(30)28-27-15-20-14-22(33-2)10-13-24(20)34-3/h4-15H,16-17H2,1-3H3,(H,28,30)/b27-15-. The third kappa shape index (κ3) is 6.87. The van der Waals surface area contributed by atoms with E-state index in [1.54, 1.807) is 30.3 Å². The highest BCUT2D eigenvalue weighted by atomic mass is 32.2. The van der Waals surface area contributed by atoms with Gasteiger partial charge < -0.3 is 9.47 Å². The molecule has 1 amide bonds.